The van der Waals surface area contributed by atoms with E-state index in [1.54, 1.807) is 18.2 Å². The van der Waals surface area contributed by atoms with Crippen LogP contribution in [-0.2, 0) is 0 Å². The molecule has 2 saturated heterocycles. The predicted molar refractivity (Wildman–Crippen MR) is 163 cm³/mol. The van der Waals surface area contributed by atoms with Gasteiger partial charge in [0.15, 0.2) is 5.82 Å². The van der Waals surface area contributed by atoms with E-state index in [0.717, 1.165) is 62.7 Å². The summed E-state index contributed by atoms with van der Waals surface area (Å²) in [5.41, 5.74) is 1.67. The van der Waals surface area contributed by atoms with Gasteiger partial charge in [0.1, 0.15) is 17.1 Å². The average Bonchev–Trinajstić information content (AvgIpc) is 3.37. The Morgan fingerprint density at radius 1 is 0.976 bits per heavy atom. The van der Waals surface area contributed by atoms with Crippen molar-refractivity contribution in [3.8, 4) is 22.9 Å². The van der Waals surface area contributed by atoms with Crippen molar-refractivity contribution in [3.05, 3.63) is 41.7 Å². The summed E-state index contributed by atoms with van der Waals surface area (Å²) < 4.78 is 23.1. The predicted octanol–water partition coefficient (Wildman–Crippen LogP) is 6.40. The fraction of sp³-hybridized carbons (Fsp3) is 0.588. The van der Waals surface area contributed by atoms with Crippen LogP contribution in [-0.4, -0.2) is 70.0 Å². The van der Waals surface area contributed by atoms with Gasteiger partial charge in [0.05, 0.1) is 12.2 Å². The number of anilines is 1. The van der Waals surface area contributed by atoms with E-state index in [2.05, 4.69) is 16.8 Å². The van der Waals surface area contributed by atoms with Crippen LogP contribution in [0.5, 0.6) is 11.8 Å². The van der Waals surface area contributed by atoms with Crippen LogP contribution in [0, 0.1) is 11.2 Å². The highest BCUT2D eigenvalue weighted by molar-refractivity contribution is 5.94. The zero-order valence-corrected chi connectivity index (χ0v) is 24.9. The number of aliphatic hydroxyl groups is 1. The molecule has 7 nitrogen and oxygen atoms in total. The maximum absolute atomic E-state index is 16.7. The van der Waals surface area contributed by atoms with E-state index in [1.807, 2.05) is 19.1 Å². The van der Waals surface area contributed by atoms with E-state index >= 15 is 4.39 Å². The van der Waals surface area contributed by atoms with Gasteiger partial charge in [-0.05, 0) is 107 Å². The number of nitrogens with zero attached hydrogens (tertiary/aromatic N) is 4. The Balaban J connectivity index is 1.32. The van der Waals surface area contributed by atoms with Gasteiger partial charge in [-0.1, -0.05) is 25.0 Å². The maximum atomic E-state index is 16.7. The number of hydrogen-bond acceptors (Lipinski definition) is 7. The molecule has 3 unspecified atom stereocenters. The number of benzene rings is 2. The third-order valence-corrected chi connectivity index (χ3v) is 10.7. The van der Waals surface area contributed by atoms with Crippen LogP contribution in [0.4, 0.5) is 10.2 Å². The molecule has 0 bridgehead atoms. The molecular formula is C34H43FN4O3. The van der Waals surface area contributed by atoms with Crippen molar-refractivity contribution in [1.29, 1.82) is 0 Å². The summed E-state index contributed by atoms with van der Waals surface area (Å²) in [5, 5.41) is 21.9. The molecule has 4 aliphatic rings. The zero-order chi connectivity index (χ0) is 29.1. The topological polar surface area (TPSA) is 82.0 Å². The van der Waals surface area contributed by atoms with Gasteiger partial charge in [-0.25, -0.2) is 4.39 Å². The minimum Gasteiger partial charge on any atom is -0.508 e. The SMILES string of the molecule is CN1CCCC2(COc3nc(N4CCCC(C)(O)C4)c4ccc(-c5cc(O)ccc5C5CCC5)c(F)c4n3)CCCC12. The lowest BCUT2D eigenvalue weighted by molar-refractivity contribution is 0.0132. The minimum atomic E-state index is -0.850. The van der Waals surface area contributed by atoms with Crippen LogP contribution in [0.3, 0.4) is 0 Å². The highest BCUT2D eigenvalue weighted by Crippen LogP contribution is 2.48. The number of halogens is 1. The number of phenols is 1. The first kappa shape index (κ1) is 27.8. The molecule has 8 heteroatoms. The molecule has 0 spiro atoms. The second kappa shape index (κ2) is 10.6. The van der Waals surface area contributed by atoms with Crippen molar-refractivity contribution in [1.82, 2.24) is 14.9 Å². The summed E-state index contributed by atoms with van der Waals surface area (Å²) >= 11 is 0. The number of aromatic hydroxyl groups is 1. The first-order valence-electron chi connectivity index (χ1n) is 15.9. The van der Waals surface area contributed by atoms with Gasteiger partial charge in [0.25, 0.3) is 0 Å². The Kier molecular flexibility index (Phi) is 7.05. The summed E-state index contributed by atoms with van der Waals surface area (Å²) in [7, 11) is 2.22. The number of likely N-dealkylation sites (tertiary alicyclic amines) is 1. The molecule has 3 heterocycles. The molecule has 2 aromatic carbocycles. The number of ether oxygens (including phenoxy) is 1. The van der Waals surface area contributed by atoms with Gasteiger partial charge in [0.2, 0.25) is 0 Å². The number of β-amino-alcohol motifs (C(OH)–C–C–N with tert-alkyl or cyclic N) is 1. The number of piperidine rings is 2. The number of hydrogen-bond donors (Lipinski definition) is 2. The summed E-state index contributed by atoms with van der Waals surface area (Å²) in [5.74, 6) is 0.679. The standard InChI is InChI=1S/C34H43FN4O3/c1-33(41)14-5-18-39(20-33)31-26-13-12-25(27-19-23(40)10-11-24(27)22-7-3-8-22)29(35)30(26)36-32(37-31)42-21-34-15-4-9-28(34)38(2)17-6-16-34/h10-13,19,22,28,40-41H,3-9,14-18,20-21H2,1-2H3. The molecule has 3 atom stereocenters. The molecule has 42 heavy (non-hydrogen) atoms. The van der Waals surface area contributed by atoms with Gasteiger partial charge in [-0.3, -0.25) is 0 Å². The molecule has 2 N–H and O–H groups in total. The molecule has 1 aromatic heterocycles. The third-order valence-electron chi connectivity index (χ3n) is 10.7. The highest BCUT2D eigenvalue weighted by Gasteiger charge is 2.47. The van der Waals surface area contributed by atoms with Crippen LogP contribution in [0.15, 0.2) is 30.3 Å². The molecule has 4 fully saturated rings. The Bertz CT molecular complexity index is 1490. The molecule has 2 aliphatic heterocycles. The monoisotopic (exact) mass is 574 g/mol. The van der Waals surface area contributed by atoms with E-state index in [0.29, 0.717) is 48.3 Å². The fourth-order valence-electron chi connectivity index (χ4n) is 8.28. The van der Waals surface area contributed by atoms with Crippen LogP contribution >= 0.6 is 0 Å². The lowest BCUT2D eigenvalue weighted by atomic mass is 9.76. The normalized spacial score (nSPS) is 28.6. The largest absolute Gasteiger partial charge is 0.508 e. The van der Waals surface area contributed by atoms with Crippen molar-refractivity contribution in [2.75, 3.05) is 38.2 Å². The second-order valence-corrected chi connectivity index (χ2v) is 13.7. The number of rotatable bonds is 6. The van der Waals surface area contributed by atoms with Crippen LogP contribution in [0.25, 0.3) is 22.0 Å². The summed E-state index contributed by atoms with van der Waals surface area (Å²) in [4.78, 5) is 14.1. The van der Waals surface area contributed by atoms with Crippen LogP contribution in [0.1, 0.15) is 82.6 Å². The lowest BCUT2D eigenvalue weighted by Gasteiger charge is -2.44. The number of phenolic OH excluding ortho intramolecular Hbond substituents is 1. The van der Waals surface area contributed by atoms with Gasteiger partial charge < -0.3 is 24.7 Å². The molecule has 2 aliphatic carbocycles. The second-order valence-electron chi connectivity index (χ2n) is 13.7. The Morgan fingerprint density at radius 2 is 1.79 bits per heavy atom. The van der Waals surface area contributed by atoms with Crippen molar-refractivity contribution in [2.45, 2.75) is 88.7 Å². The van der Waals surface area contributed by atoms with Gasteiger partial charge in [-0.15, -0.1) is 0 Å². The van der Waals surface area contributed by atoms with E-state index in [9.17, 15) is 10.2 Å². The van der Waals surface area contributed by atoms with Gasteiger partial charge in [-0.2, -0.15) is 9.97 Å². The fourth-order valence-corrected chi connectivity index (χ4v) is 8.28. The van der Waals surface area contributed by atoms with Gasteiger partial charge in [0, 0.05) is 35.5 Å². The van der Waals surface area contributed by atoms with E-state index in [-0.39, 0.29) is 22.7 Å². The van der Waals surface area contributed by atoms with Crippen molar-refractivity contribution in [2.24, 2.45) is 5.41 Å². The maximum Gasteiger partial charge on any atom is 0.319 e. The van der Waals surface area contributed by atoms with E-state index < -0.39 is 11.4 Å². The molecule has 0 amide bonds. The van der Waals surface area contributed by atoms with E-state index in [4.69, 9.17) is 14.7 Å². The Morgan fingerprint density at radius 3 is 2.57 bits per heavy atom. The Hall–Kier alpha value is -2.97. The first-order valence-corrected chi connectivity index (χ1v) is 15.9. The van der Waals surface area contributed by atoms with Crippen molar-refractivity contribution in [3.63, 3.8) is 0 Å². The average molecular weight is 575 g/mol. The highest BCUT2D eigenvalue weighted by atomic mass is 19.1. The molecule has 0 radical (unpaired) electrons. The Labute approximate surface area is 247 Å². The zero-order valence-electron chi connectivity index (χ0n) is 24.9. The third kappa shape index (κ3) is 4.90. The molecule has 224 valence electrons. The first-order chi connectivity index (χ1) is 20.2. The molecular weight excluding hydrogens is 531 g/mol. The van der Waals surface area contributed by atoms with E-state index in [1.165, 1.54) is 19.3 Å². The van der Waals surface area contributed by atoms with Gasteiger partial charge >= 0.3 is 6.01 Å². The quantitative estimate of drug-likeness (QED) is 0.352. The van der Waals surface area contributed by atoms with Crippen molar-refractivity contribution < 1.29 is 19.3 Å². The smallest absolute Gasteiger partial charge is 0.319 e. The molecule has 2 saturated carbocycles. The lowest BCUT2D eigenvalue weighted by Crippen LogP contribution is -2.50. The van der Waals surface area contributed by atoms with Crippen LogP contribution in [0.2, 0.25) is 0 Å². The van der Waals surface area contributed by atoms with Crippen LogP contribution < -0.4 is 9.64 Å². The summed E-state index contributed by atoms with van der Waals surface area (Å²) in [6.07, 6.45) is 10.6. The summed E-state index contributed by atoms with van der Waals surface area (Å²) in [6, 6.07) is 9.69. The molecule has 3 aromatic rings. The summed E-state index contributed by atoms with van der Waals surface area (Å²) in [6.45, 7) is 4.62. The minimum absolute atomic E-state index is 0.0694. The number of fused-ring (bicyclic) bond motifs is 2. The van der Waals surface area contributed by atoms with Crippen molar-refractivity contribution >= 4 is 16.7 Å². The molecule has 7 rings (SSSR count). The number of aromatic nitrogens is 2.